The number of rotatable bonds is 5. The first-order valence-electron chi connectivity index (χ1n) is 6.60. The lowest BCUT2D eigenvalue weighted by atomic mass is 10.1. The van der Waals surface area contributed by atoms with Crippen molar-refractivity contribution in [3.63, 3.8) is 0 Å². The predicted octanol–water partition coefficient (Wildman–Crippen LogP) is 1.33. The summed E-state index contributed by atoms with van der Waals surface area (Å²) in [5.41, 5.74) is 6.19. The van der Waals surface area contributed by atoms with Gasteiger partial charge in [-0.2, -0.15) is 0 Å². The van der Waals surface area contributed by atoms with E-state index in [0.717, 1.165) is 25.9 Å². The lowest BCUT2D eigenvalue weighted by molar-refractivity contribution is -0.132. The highest BCUT2D eigenvalue weighted by atomic mass is 19.1. The lowest BCUT2D eigenvalue weighted by Gasteiger charge is -2.16. The predicted molar refractivity (Wildman–Crippen MR) is 70.5 cm³/mol. The van der Waals surface area contributed by atoms with E-state index in [0.29, 0.717) is 24.3 Å². The summed E-state index contributed by atoms with van der Waals surface area (Å²) >= 11 is 0. The molecule has 0 atom stereocenters. The summed E-state index contributed by atoms with van der Waals surface area (Å²) in [7, 11) is 0. The summed E-state index contributed by atoms with van der Waals surface area (Å²) in [5.74, 6) is 0.210. The van der Waals surface area contributed by atoms with Crippen molar-refractivity contribution < 1.29 is 13.9 Å². The van der Waals surface area contributed by atoms with Gasteiger partial charge in [-0.05, 0) is 49.6 Å². The van der Waals surface area contributed by atoms with E-state index in [9.17, 15) is 9.18 Å². The number of nitrogens with zero attached hydrogens (tertiary/aromatic N) is 1. The molecule has 4 nitrogen and oxygen atoms in total. The molecular weight excluding hydrogens is 247 g/mol. The minimum absolute atomic E-state index is 0.00318. The maximum Gasteiger partial charge on any atom is 0.260 e. The third-order valence-electron chi connectivity index (χ3n) is 3.25. The van der Waals surface area contributed by atoms with E-state index in [1.54, 1.807) is 11.0 Å². The molecule has 0 spiro atoms. The molecular formula is C14H19FN2O2. The number of carbonyl (C=O) groups is 1. The number of halogens is 1. The van der Waals surface area contributed by atoms with Crippen molar-refractivity contribution in [3.05, 3.63) is 29.6 Å². The summed E-state index contributed by atoms with van der Waals surface area (Å²) < 4.78 is 18.6. The Labute approximate surface area is 112 Å². The van der Waals surface area contributed by atoms with E-state index in [4.69, 9.17) is 10.5 Å². The molecule has 2 N–H and O–H groups in total. The molecule has 104 valence electrons. The third kappa shape index (κ3) is 3.67. The number of hydrogen-bond donors (Lipinski definition) is 1. The van der Waals surface area contributed by atoms with Gasteiger partial charge in [0.2, 0.25) is 0 Å². The average Bonchev–Trinajstić information content (AvgIpc) is 2.92. The van der Waals surface area contributed by atoms with Crippen molar-refractivity contribution in [2.75, 3.05) is 26.2 Å². The normalized spacial score (nSPS) is 14.7. The van der Waals surface area contributed by atoms with E-state index < -0.39 is 0 Å². The first-order chi connectivity index (χ1) is 9.20. The molecule has 0 unspecified atom stereocenters. The first kappa shape index (κ1) is 13.8. The molecule has 1 aliphatic heterocycles. The fourth-order valence-electron chi connectivity index (χ4n) is 2.24. The summed E-state index contributed by atoms with van der Waals surface area (Å²) in [6.45, 7) is 2.03. The van der Waals surface area contributed by atoms with Gasteiger partial charge in [0.15, 0.2) is 6.61 Å². The van der Waals surface area contributed by atoms with Crippen LogP contribution in [-0.2, 0) is 11.2 Å². The van der Waals surface area contributed by atoms with Gasteiger partial charge in [0.25, 0.3) is 5.91 Å². The first-order valence-corrected chi connectivity index (χ1v) is 6.60. The van der Waals surface area contributed by atoms with Crippen LogP contribution >= 0.6 is 0 Å². The Hall–Kier alpha value is -1.62. The molecule has 1 heterocycles. The number of likely N-dealkylation sites (tertiary alicyclic amines) is 1. The summed E-state index contributed by atoms with van der Waals surface area (Å²) in [4.78, 5) is 13.7. The van der Waals surface area contributed by atoms with Crippen LogP contribution in [0, 0.1) is 5.82 Å². The van der Waals surface area contributed by atoms with E-state index in [2.05, 4.69) is 0 Å². The molecule has 1 fully saturated rings. The highest BCUT2D eigenvalue weighted by molar-refractivity contribution is 5.78. The van der Waals surface area contributed by atoms with E-state index in [-0.39, 0.29) is 18.3 Å². The zero-order chi connectivity index (χ0) is 13.7. The molecule has 1 aromatic carbocycles. The average molecular weight is 266 g/mol. The monoisotopic (exact) mass is 266 g/mol. The van der Waals surface area contributed by atoms with E-state index in [1.165, 1.54) is 12.1 Å². The fourth-order valence-corrected chi connectivity index (χ4v) is 2.24. The Bertz CT molecular complexity index is 445. The summed E-state index contributed by atoms with van der Waals surface area (Å²) in [6, 6.07) is 4.29. The van der Waals surface area contributed by atoms with Crippen LogP contribution in [-0.4, -0.2) is 37.0 Å². The highest BCUT2D eigenvalue weighted by Crippen LogP contribution is 2.20. The van der Waals surface area contributed by atoms with Crippen molar-refractivity contribution in [1.29, 1.82) is 0 Å². The van der Waals surface area contributed by atoms with Gasteiger partial charge in [-0.3, -0.25) is 4.79 Å². The SMILES string of the molecule is NCCc1cc(F)ccc1OCC(=O)N1CCCC1. The second-order valence-electron chi connectivity index (χ2n) is 4.67. The van der Waals surface area contributed by atoms with Crippen LogP contribution in [0.15, 0.2) is 18.2 Å². The minimum atomic E-state index is -0.318. The highest BCUT2D eigenvalue weighted by Gasteiger charge is 2.18. The van der Waals surface area contributed by atoms with Crippen LogP contribution in [0.2, 0.25) is 0 Å². The van der Waals surface area contributed by atoms with Gasteiger partial charge in [0.1, 0.15) is 11.6 Å². The van der Waals surface area contributed by atoms with Crippen molar-refractivity contribution in [1.82, 2.24) is 4.90 Å². The Morgan fingerprint density at radius 3 is 2.79 bits per heavy atom. The third-order valence-corrected chi connectivity index (χ3v) is 3.25. The van der Waals surface area contributed by atoms with Gasteiger partial charge < -0.3 is 15.4 Å². The van der Waals surface area contributed by atoms with E-state index in [1.807, 2.05) is 0 Å². The molecule has 0 saturated carbocycles. The summed E-state index contributed by atoms with van der Waals surface area (Å²) in [5, 5.41) is 0. The molecule has 1 aliphatic rings. The van der Waals surface area contributed by atoms with Crippen molar-refractivity contribution >= 4 is 5.91 Å². The number of hydrogen-bond acceptors (Lipinski definition) is 3. The topological polar surface area (TPSA) is 55.6 Å². The zero-order valence-corrected chi connectivity index (χ0v) is 10.9. The maximum absolute atomic E-state index is 13.1. The van der Waals surface area contributed by atoms with Crippen LogP contribution in [0.1, 0.15) is 18.4 Å². The van der Waals surface area contributed by atoms with Gasteiger partial charge in [0.05, 0.1) is 0 Å². The molecule has 1 aromatic rings. The largest absolute Gasteiger partial charge is 0.483 e. The second-order valence-corrected chi connectivity index (χ2v) is 4.67. The Balaban J connectivity index is 1.96. The smallest absolute Gasteiger partial charge is 0.260 e. The van der Waals surface area contributed by atoms with Crippen molar-refractivity contribution in [2.45, 2.75) is 19.3 Å². The number of ether oxygens (including phenoxy) is 1. The van der Waals surface area contributed by atoms with Gasteiger partial charge >= 0.3 is 0 Å². The molecule has 0 aromatic heterocycles. The molecule has 0 radical (unpaired) electrons. The molecule has 2 rings (SSSR count). The number of nitrogens with two attached hydrogens (primary N) is 1. The van der Waals surface area contributed by atoms with Crippen molar-refractivity contribution in [2.24, 2.45) is 5.73 Å². The molecule has 1 amide bonds. The van der Waals surface area contributed by atoms with Crippen LogP contribution in [0.25, 0.3) is 0 Å². The fraction of sp³-hybridized carbons (Fsp3) is 0.500. The van der Waals surface area contributed by atoms with Gasteiger partial charge in [-0.25, -0.2) is 4.39 Å². The molecule has 1 saturated heterocycles. The Morgan fingerprint density at radius 2 is 2.11 bits per heavy atom. The Morgan fingerprint density at radius 1 is 1.37 bits per heavy atom. The zero-order valence-electron chi connectivity index (χ0n) is 10.9. The van der Waals surface area contributed by atoms with Crippen molar-refractivity contribution in [3.8, 4) is 5.75 Å². The van der Waals surface area contributed by atoms with Crippen LogP contribution in [0.4, 0.5) is 4.39 Å². The summed E-state index contributed by atoms with van der Waals surface area (Å²) in [6.07, 6.45) is 2.65. The van der Waals surface area contributed by atoms with Gasteiger partial charge in [-0.1, -0.05) is 0 Å². The standard InChI is InChI=1S/C14H19FN2O2/c15-12-3-4-13(11(9-12)5-6-16)19-10-14(18)17-7-1-2-8-17/h3-4,9H,1-2,5-8,10,16H2. The molecule has 0 aliphatic carbocycles. The Kier molecular flexibility index (Phi) is 4.74. The minimum Gasteiger partial charge on any atom is -0.483 e. The molecule has 19 heavy (non-hydrogen) atoms. The van der Waals surface area contributed by atoms with Crippen LogP contribution in [0.5, 0.6) is 5.75 Å². The van der Waals surface area contributed by atoms with Crippen LogP contribution < -0.4 is 10.5 Å². The number of amides is 1. The number of benzene rings is 1. The lowest BCUT2D eigenvalue weighted by Crippen LogP contribution is -2.32. The van der Waals surface area contributed by atoms with E-state index >= 15 is 0 Å². The maximum atomic E-state index is 13.1. The molecule has 5 heteroatoms. The quantitative estimate of drug-likeness (QED) is 0.874. The van der Waals surface area contributed by atoms with Gasteiger partial charge in [0, 0.05) is 13.1 Å². The second kappa shape index (κ2) is 6.52. The van der Waals surface area contributed by atoms with Crippen LogP contribution in [0.3, 0.4) is 0 Å². The molecule has 0 bridgehead atoms. The number of carbonyl (C=O) groups excluding carboxylic acids is 1. The van der Waals surface area contributed by atoms with Gasteiger partial charge in [-0.15, -0.1) is 0 Å².